The molecule has 1 aromatic heterocycles. The SMILES string of the molecule is O=C(c1ccc(OCc2ccccc2)cc1)c1c[nH]c2ccccc12. The van der Waals surface area contributed by atoms with Crippen LogP contribution in [0.25, 0.3) is 10.9 Å². The first-order valence-corrected chi connectivity index (χ1v) is 8.19. The van der Waals surface area contributed by atoms with Crippen LogP contribution in [0.4, 0.5) is 0 Å². The first kappa shape index (κ1) is 15.2. The van der Waals surface area contributed by atoms with Crippen molar-refractivity contribution < 1.29 is 9.53 Å². The summed E-state index contributed by atoms with van der Waals surface area (Å²) in [5.74, 6) is 0.756. The summed E-state index contributed by atoms with van der Waals surface area (Å²) < 4.78 is 5.77. The van der Waals surface area contributed by atoms with Crippen LogP contribution in [-0.2, 0) is 6.61 Å². The molecule has 0 amide bonds. The normalized spacial score (nSPS) is 10.7. The number of benzene rings is 3. The summed E-state index contributed by atoms with van der Waals surface area (Å²) in [6.07, 6.45) is 1.77. The number of carbonyl (C=O) groups is 1. The molecule has 25 heavy (non-hydrogen) atoms. The minimum Gasteiger partial charge on any atom is -0.489 e. The molecule has 0 fully saturated rings. The highest BCUT2D eigenvalue weighted by molar-refractivity contribution is 6.16. The number of hydrogen-bond donors (Lipinski definition) is 1. The number of para-hydroxylation sites is 1. The molecule has 1 heterocycles. The average molecular weight is 327 g/mol. The Morgan fingerprint density at radius 3 is 2.36 bits per heavy atom. The number of ketones is 1. The summed E-state index contributed by atoms with van der Waals surface area (Å²) in [6, 6.07) is 25.1. The van der Waals surface area contributed by atoms with Crippen LogP contribution in [0.3, 0.4) is 0 Å². The largest absolute Gasteiger partial charge is 0.489 e. The van der Waals surface area contributed by atoms with Gasteiger partial charge in [-0.1, -0.05) is 48.5 Å². The molecule has 0 aliphatic heterocycles. The van der Waals surface area contributed by atoms with E-state index in [2.05, 4.69) is 4.98 Å². The average Bonchev–Trinajstić information content (AvgIpc) is 3.11. The predicted octanol–water partition coefficient (Wildman–Crippen LogP) is 4.98. The zero-order valence-corrected chi connectivity index (χ0v) is 13.6. The summed E-state index contributed by atoms with van der Waals surface area (Å²) in [5.41, 5.74) is 3.42. The molecule has 0 atom stereocenters. The van der Waals surface area contributed by atoms with Gasteiger partial charge in [-0.15, -0.1) is 0 Å². The van der Waals surface area contributed by atoms with Gasteiger partial charge in [-0.2, -0.15) is 0 Å². The minimum absolute atomic E-state index is 0.00654. The van der Waals surface area contributed by atoms with Gasteiger partial charge < -0.3 is 9.72 Å². The lowest BCUT2D eigenvalue weighted by atomic mass is 10.0. The number of fused-ring (bicyclic) bond motifs is 1. The van der Waals surface area contributed by atoms with Crippen molar-refractivity contribution in [2.45, 2.75) is 6.61 Å². The van der Waals surface area contributed by atoms with Gasteiger partial charge in [0.25, 0.3) is 0 Å². The molecule has 0 aliphatic carbocycles. The van der Waals surface area contributed by atoms with Crippen LogP contribution in [0.15, 0.2) is 85.1 Å². The molecular weight excluding hydrogens is 310 g/mol. The van der Waals surface area contributed by atoms with Crippen LogP contribution < -0.4 is 4.74 Å². The number of nitrogens with one attached hydrogen (secondary N) is 1. The molecule has 0 aliphatic rings. The predicted molar refractivity (Wildman–Crippen MR) is 98.9 cm³/mol. The highest BCUT2D eigenvalue weighted by atomic mass is 16.5. The van der Waals surface area contributed by atoms with E-state index >= 15 is 0 Å². The van der Waals surface area contributed by atoms with Gasteiger partial charge >= 0.3 is 0 Å². The van der Waals surface area contributed by atoms with Crippen LogP contribution in [0, 0.1) is 0 Å². The molecule has 0 saturated heterocycles. The monoisotopic (exact) mass is 327 g/mol. The van der Waals surface area contributed by atoms with Gasteiger partial charge in [-0.25, -0.2) is 0 Å². The number of carbonyl (C=O) groups excluding carboxylic acids is 1. The van der Waals surface area contributed by atoms with E-state index < -0.39 is 0 Å². The zero-order chi connectivity index (χ0) is 17.1. The lowest BCUT2D eigenvalue weighted by Gasteiger charge is -2.07. The molecule has 3 heteroatoms. The zero-order valence-electron chi connectivity index (χ0n) is 13.6. The van der Waals surface area contributed by atoms with Gasteiger partial charge in [0.05, 0.1) is 0 Å². The second-order valence-electron chi connectivity index (χ2n) is 5.88. The van der Waals surface area contributed by atoms with Gasteiger partial charge in [-0.05, 0) is 35.9 Å². The van der Waals surface area contributed by atoms with Crippen molar-refractivity contribution in [3.05, 3.63) is 102 Å². The molecule has 0 radical (unpaired) electrons. The van der Waals surface area contributed by atoms with Crippen molar-refractivity contribution in [3.63, 3.8) is 0 Å². The molecular formula is C22H17NO2. The number of aromatic nitrogens is 1. The number of aromatic amines is 1. The van der Waals surface area contributed by atoms with E-state index in [0.29, 0.717) is 17.7 Å². The Balaban J connectivity index is 1.51. The number of H-pyrrole nitrogens is 1. The summed E-state index contributed by atoms with van der Waals surface area (Å²) in [6.45, 7) is 0.510. The molecule has 3 aromatic carbocycles. The molecule has 4 aromatic rings. The van der Waals surface area contributed by atoms with Crippen LogP contribution in [0.5, 0.6) is 5.75 Å². The highest BCUT2D eigenvalue weighted by Crippen LogP contribution is 2.22. The second kappa shape index (κ2) is 6.65. The van der Waals surface area contributed by atoms with E-state index in [1.54, 1.807) is 6.20 Å². The Morgan fingerprint density at radius 1 is 0.840 bits per heavy atom. The smallest absolute Gasteiger partial charge is 0.195 e. The van der Waals surface area contributed by atoms with Gasteiger partial charge in [0, 0.05) is 28.2 Å². The van der Waals surface area contributed by atoms with Crippen LogP contribution in [0.2, 0.25) is 0 Å². The first-order valence-electron chi connectivity index (χ1n) is 8.19. The second-order valence-corrected chi connectivity index (χ2v) is 5.88. The third kappa shape index (κ3) is 3.17. The molecule has 0 unspecified atom stereocenters. The van der Waals surface area contributed by atoms with Crippen molar-refractivity contribution in [2.24, 2.45) is 0 Å². The summed E-state index contributed by atoms with van der Waals surface area (Å²) in [7, 11) is 0. The maximum absolute atomic E-state index is 12.8. The van der Waals surface area contributed by atoms with E-state index in [1.807, 2.05) is 78.9 Å². The molecule has 0 bridgehead atoms. The third-order valence-corrected chi connectivity index (χ3v) is 4.20. The Morgan fingerprint density at radius 2 is 1.56 bits per heavy atom. The van der Waals surface area contributed by atoms with E-state index in [0.717, 1.165) is 22.2 Å². The number of ether oxygens (including phenoxy) is 1. The Labute approximate surface area is 145 Å². The maximum atomic E-state index is 12.8. The van der Waals surface area contributed by atoms with Gasteiger partial charge in [-0.3, -0.25) is 4.79 Å². The lowest BCUT2D eigenvalue weighted by Crippen LogP contribution is -2.01. The Hall–Kier alpha value is -3.33. The standard InChI is InChI=1S/C22H17NO2/c24-22(20-14-23-21-9-5-4-8-19(20)21)17-10-12-18(13-11-17)25-15-16-6-2-1-3-7-16/h1-14,23H,15H2. The number of hydrogen-bond acceptors (Lipinski definition) is 2. The van der Waals surface area contributed by atoms with E-state index in [1.165, 1.54) is 0 Å². The molecule has 4 rings (SSSR count). The fourth-order valence-corrected chi connectivity index (χ4v) is 2.86. The van der Waals surface area contributed by atoms with Crippen LogP contribution >= 0.6 is 0 Å². The molecule has 122 valence electrons. The molecule has 0 spiro atoms. The summed E-state index contributed by atoms with van der Waals surface area (Å²) in [5, 5.41) is 0.942. The summed E-state index contributed by atoms with van der Waals surface area (Å²) >= 11 is 0. The maximum Gasteiger partial charge on any atom is 0.195 e. The number of rotatable bonds is 5. The Bertz CT molecular complexity index is 1000. The molecule has 3 nitrogen and oxygen atoms in total. The summed E-state index contributed by atoms with van der Waals surface area (Å²) in [4.78, 5) is 15.9. The molecule has 0 saturated carbocycles. The van der Waals surface area contributed by atoms with E-state index in [-0.39, 0.29) is 5.78 Å². The lowest BCUT2D eigenvalue weighted by molar-refractivity contribution is 0.104. The van der Waals surface area contributed by atoms with E-state index in [9.17, 15) is 4.79 Å². The van der Waals surface area contributed by atoms with Crippen molar-refractivity contribution in [1.82, 2.24) is 4.98 Å². The van der Waals surface area contributed by atoms with Crippen LogP contribution in [-0.4, -0.2) is 10.8 Å². The van der Waals surface area contributed by atoms with Gasteiger partial charge in [0.2, 0.25) is 0 Å². The first-order chi connectivity index (χ1) is 12.3. The third-order valence-electron chi connectivity index (χ3n) is 4.20. The van der Waals surface area contributed by atoms with Gasteiger partial charge in [0.1, 0.15) is 12.4 Å². The van der Waals surface area contributed by atoms with Crippen molar-refractivity contribution in [2.75, 3.05) is 0 Å². The van der Waals surface area contributed by atoms with Gasteiger partial charge in [0.15, 0.2) is 5.78 Å². The van der Waals surface area contributed by atoms with Crippen LogP contribution in [0.1, 0.15) is 21.5 Å². The Kier molecular flexibility index (Phi) is 4.05. The fourth-order valence-electron chi connectivity index (χ4n) is 2.86. The molecule has 1 N–H and O–H groups in total. The topological polar surface area (TPSA) is 42.1 Å². The fraction of sp³-hybridized carbons (Fsp3) is 0.0455. The highest BCUT2D eigenvalue weighted by Gasteiger charge is 2.13. The van der Waals surface area contributed by atoms with Crippen molar-refractivity contribution in [1.29, 1.82) is 0 Å². The van der Waals surface area contributed by atoms with E-state index in [4.69, 9.17) is 4.74 Å². The van der Waals surface area contributed by atoms with Crippen molar-refractivity contribution >= 4 is 16.7 Å². The quantitative estimate of drug-likeness (QED) is 0.525. The minimum atomic E-state index is 0.00654. The van der Waals surface area contributed by atoms with Crippen molar-refractivity contribution in [3.8, 4) is 5.75 Å².